The number of nitrogens with two attached hydrogens (primary N) is 1. The fourth-order valence-corrected chi connectivity index (χ4v) is 1.68. The van der Waals surface area contributed by atoms with Crippen LogP contribution in [0.1, 0.15) is 26.2 Å². The number of rotatable bonds is 7. The van der Waals surface area contributed by atoms with Crippen molar-refractivity contribution in [1.29, 1.82) is 0 Å². The standard InChI is InChI=1S/C11H22N2O2/c1-3-13(6-7-15-2)11(14)8-10(12)9-4-5-9/h9-10H,3-8,12H2,1-2H3. The summed E-state index contributed by atoms with van der Waals surface area (Å²) in [6.45, 7) is 3.98. The molecule has 1 aliphatic carbocycles. The van der Waals surface area contributed by atoms with Gasteiger partial charge in [0.2, 0.25) is 5.91 Å². The summed E-state index contributed by atoms with van der Waals surface area (Å²) in [5, 5.41) is 0. The fraction of sp³-hybridized carbons (Fsp3) is 0.909. The van der Waals surface area contributed by atoms with Crippen molar-refractivity contribution in [3.63, 3.8) is 0 Å². The maximum Gasteiger partial charge on any atom is 0.224 e. The molecule has 0 aliphatic heterocycles. The Labute approximate surface area is 91.8 Å². The molecule has 1 saturated carbocycles. The lowest BCUT2D eigenvalue weighted by molar-refractivity contribution is -0.132. The number of likely N-dealkylation sites (N-methyl/N-ethyl adjacent to an activating group) is 1. The molecule has 1 aliphatic rings. The molecule has 0 heterocycles. The summed E-state index contributed by atoms with van der Waals surface area (Å²) in [4.78, 5) is 13.6. The summed E-state index contributed by atoms with van der Waals surface area (Å²) in [7, 11) is 1.65. The van der Waals surface area contributed by atoms with Crippen molar-refractivity contribution in [2.24, 2.45) is 11.7 Å². The van der Waals surface area contributed by atoms with E-state index in [0.717, 1.165) is 6.54 Å². The van der Waals surface area contributed by atoms with Gasteiger partial charge in [-0.2, -0.15) is 0 Å². The van der Waals surface area contributed by atoms with Crippen molar-refractivity contribution < 1.29 is 9.53 Å². The summed E-state index contributed by atoms with van der Waals surface area (Å²) < 4.78 is 4.96. The van der Waals surface area contributed by atoms with Gasteiger partial charge >= 0.3 is 0 Å². The fourth-order valence-electron chi connectivity index (χ4n) is 1.68. The molecule has 0 bridgehead atoms. The largest absolute Gasteiger partial charge is 0.383 e. The minimum atomic E-state index is 0.0640. The number of carbonyl (C=O) groups excluding carboxylic acids is 1. The summed E-state index contributed by atoms with van der Waals surface area (Å²) in [6.07, 6.45) is 2.87. The van der Waals surface area contributed by atoms with Crippen LogP contribution in [0.5, 0.6) is 0 Å². The van der Waals surface area contributed by atoms with E-state index in [0.29, 0.717) is 25.5 Å². The van der Waals surface area contributed by atoms with Crippen LogP contribution in [-0.4, -0.2) is 43.7 Å². The zero-order valence-electron chi connectivity index (χ0n) is 9.74. The molecule has 1 amide bonds. The molecule has 1 unspecified atom stereocenters. The maximum atomic E-state index is 11.8. The molecule has 15 heavy (non-hydrogen) atoms. The third-order valence-electron chi connectivity index (χ3n) is 2.94. The summed E-state index contributed by atoms with van der Waals surface area (Å²) in [5.74, 6) is 0.754. The molecule has 0 aromatic heterocycles. The molecule has 0 spiro atoms. The van der Waals surface area contributed by atoms with Gasteiger partial charge in [-0.25, -0.2) is 0 Å². The van der Waals surface area contributed by atoms with E-state index in [9.17, 15) is 4.79 Å². The van der Waals surface area contributed by atoms with Gasteiger partial charge in [-0.1, -0.05) is 0 Å². The minimum absolute atomic E-state index is 0.0640. The highest BCUT2D eigenvalue weighted by atomic mass is 16.5. The van der Waals surface area contributed by atoms with Gasteiger partial charge in [-0.05, 0) is 25.7 Å². The number of carbonyl (C=O) groups is 1. The summed E-state index contributed by atoms with van der Waals surface area (Å²) >= 11 is 0. The first-order valence-corrected chi connectivity index (χ1v) is 5.71. The molecule has 0 aromatic rings. The van der Waals surface area contributed by atoms with Gasteiger partial charge in [0.25, 0.3) is 0 Å². The first-order chi connectivity index (χ1) is 7.19. The highest BCUT2D eigenvalue weighted by Crippen LogP contribution is 2.32. The van der Waals surface area contributed by atoms with Gasteiger partial charge in [0, 0.05) is 32.7 Å². The van der Waals surface area contributed by atoms with Crippen molar-refractivity contribution in [1.82, 2.24) is 4.90 Å². The molecule has 2 N–H and O–H groups in total. The number of hydrogen-bond donors (Lipinski definition) is 1. The van der Waals surface area contributed by atoms with Crippen LogP contribution in [0.4, 0.5) is 0 Å². The Balaban J connectivity index is 2.27. The van der Waals surface area contributed by atoms with Crippen LogP contribution in [0.15, 0.2) is 0 Å². The molecule has 0 aromatic carbocycles. The van der Waals surface area contributed by atoms with Crippen LogP contribution in [0.3, 0.4) is 0 Å². The second kappa shape index (κ2) is 6.08. The maximum absolute atomic E-state index is 11.8. The van der Waals surface area contributed by atoms with Crippen LogP contribution < -0.4 is 5.73 Å². The molecule has 1 atom stereocenters. The number of amides is 1. The number of hydrogen-bond acceptors (Lipinski definition) is 3. The summed E-state index contributed by atoms with van der Waals surface area (Å²) in [6, 6.07) is 0.0640. The first kappa shape index (κ1) is 12.5. The van der Waals surface area contributed by atoms with Crippen LogP contribution >= 0.6 is 0 Å². The van der Waals surface area contributed by atoms with Crippen LogP contribution in [0.2, 0.25) is 0 Å². The molecule has 4 heteroatoms. The molecular formula is C11H22N2O2. The van der Waals surface area contributed by atoms with Gasteiger partial charge in [0.1, 0.15) is 0 Å². The third kappa shape index (κ3) is 4.18. The van der Waals surface area contributed by atoms with Crippen molar-refractivity contribution in [2.45, 2.75) is 32.2 Å². The number of ether oxygens (including phenoxy) is 1. The van der Waals surface area contributed by atoms with Gasteiger partial charge in [-0.3, -0.25) is 4.79 Å². The van der Waals surface area contributed by atoms with Crippen molar-refractivity contribution in [2.75, 3.05) is 26.8 Å². The predicted molar refractivity (Wildman–Crippen MR) is 59.4 cm³/mol. The highest BCUT2D eigenvalue weighted by Gasteiger charge is 2.30. The Morgan fingerprint density at radius 3 is 2.73 bits per heavy atom. The second-order valence-corrected chi connectivity index (χ2v) is 4.17. The van der Waals surface area contributed by atoms with E-state index in [1.807, 2.05) is 11.8 Å². The highest BCUT2D eigenvalue weighted by molar-refractivity contribution is 5.76. The molecule has 1 fully saturated rings. The summed E-state index contributed by atoms with van der Waals surface area (Å²) in [5.41, 5.74) is 5.92. The van der Waals surface area contributed by atoms with E-state index < -0.39 is 0 Å². The van der Waals surface area contributed by atoms with Crippen LogP contribution in [0, 0.1) is 5.92 Å². The zero-order valence-corrected chi connectivity index (χ0v) is 9.74. The van der Waals surface area contributed by atoms with Crippen molar-refractivity contribution in [3.8, 4) is 0 Å². The molecular weight excluding hydrogens is 192 g/mol. The Bertz CT molecular complexity index is 205. The van der Waals surface area contributed by atoms with Crippen LogP contribution in [0.25, 0.3) is 0 Å². The lowest BCUT2D eigenvalue weighted by atomic mass is 10.1. The Kier molecular flexibility index (Phi) is 5.05. The molecule has 1 rings (SSSR count). The average molecular weight is 214 g/mol. The predicted octanol–water partition coefficient (Wildman–Crippen LogP) is 0.609. The van der Waals surface area contributed by atoms with E-state index in [1.54, 1.807) is 7.11 Å². The van der Waals surface area contributed by atoms with E-state index in [-0.39, 0.29) is 11.9 Å². The SMILES string of the molecule is CCN(CCOC)C(=O)CC(N)C1CC1. The molecule has 88 valence electrons. The first-order valence-electron chi connectivity index (χ1n) is 5.71. The second-order valence-electron chi connectivity index (χ2n) is 4.17. The van der Waals surface area contributed by atoms with Gasteiger partial charge in [-0.15, -0.1) is 0 Å². The van der Waals surface area contributed by atoms with Gasteiger partial charge < -0.3 is 15.4 Å². The van der Waals surface area contributed by atoms with E-state index >= 15 is 0 Å². The molecule has 4 nitrogen and oxygen atoms in total. The van der Waals surface area contributed by atoms with E-state index in [4.69, 9.17) is 10.5 Å². The Morgan fingerprint density at radius 2 is 2.27 bits per heavy atom. The quantitative estimate of drug-likeness (QED) is 0.675. The lowest BCUT2D eigenvalue weighted by Crippen LogP contribution is -2.38. The molecule has 0 saturated heterocycles. The zero-order chi connectivity index (χ0) is 11.3. The Morgan fingerprint density at radius 1 is 1.60 bits per heavy atom. The Hall–Kier alpha value is -0.610. The van der Waals surface area contributed by atoms with Gasteiger partial charge in [0.15, 0.2) is 0 Å². The van der Waals surface area contributed by atoms with Crippen molar-refractivity contribution >= 4 is 5.91 Å². The topological polar surface area (TPSA) is 55.6 Å². The smallest absolute Gasteiger partial charge is 0.224 e. The van der Waals surface area contributed by atoms with E-state index in [1.165, 1.54) is 12.8 Å². The van der Waals surface area contributed by atoms with Gasteiger partial charge in [0.05, 0.1) is 6.61 Å². The normalized spacial score (nSPS) is 17.5. The minimum Gasteiger partial charge on any atom is -0.383 e. The van der Waals surface area contributed by atoms with Crippen LogP contribution in [-0.2, 0) is 9.53 Å². The van der Waals surface area contributed by atoms with Crippen molar-refractivity contribution in [3.05, 3.63) is 0 Å². The monoisotopic (exact) mass is 214 g/mol. The third-order valence-corrected chi connectivity index (χ3v) is 2.94. The molecule has 0 radical (unpaired) electrons. The van der Waals surface area contributed by atoms with E-state index in [2.05, 4.69) is 0 Å². The number of nitrogens with zero attached hydrogens (tertiary/aromatic N) is 1. The number of methoxy groups -OCH3 is 1. The lowest BCUT2D eigenvalue weighted by Gasteiger charge is -2.22. The average Bonchev–Trinajstić information content (AvgIpc) is 3.02.